The lowest BCUT2D eigenvalue weighted by atomic mass is 10.1. The Kier molecular flexibility index (Phi) is 36.1. The zero-order valence-electron chi connectivity index (χ0n) is 32.6. The first-order chi connectivity index (χ1) is 24.8. The topological polar surface area (TPSA) is 149 Å². The van der Waals surface area contributed by atoms with Crippen LogP contribution in [0, 0.1) is 0 Å². The van der Waals surface area contributed by atoms with E-state index < -0.39 is 58.4 Å². The van der Waals surface area contributed by atoms with E-state index in [9.17, 15) is 29.3 Å². The second-order valence-electron chi connectivity index (χ2n) is 14.0. The minimum Gasteiger partial charge on any atom is -0.457 e. The quantitative estimate of drug-likeness (QED) is 0.0240. The van der Waals surface area contributed by atoms with E-state index in [4.69, 9.17) is 18.5 Å². The summed E-state index contributed by atoms with van der Waals surface area (Å²) in [6, 6.07) is 0. The predicted octanol–water partition coefficient (Wildman–Crippen LogP) is 10.4. The summed E-state index contributed by atoms with van der Waals surface area (Å²) in [7, 11) is -4.63. The Balaban J connectivity index is 3.91. The molecule has 3 N–H and O–H groups in total. The zero-order chi connectivity index (χ0) is 37.7. The third-order valence-electron chi connectivity index (χ3n) is 8.98. The first kappa shape index (κ1) is 49.7. The lowest BCUT2D eigenvalue weighted by Gasteiger charge is -2.20. The van der Waals surface area contributed by atoms with E-state index in [1.54, 1.807) is 0 Å². The molecule has 10 nitrogen and oxygen atoms in total. The fourth-order valence-electron chi connectivity index (χ4n) is 5.76. The van der Waals surface area contributed by atoms with Gasteiger partial charge in [0.1, 0.15) is 12.2 Å². The Bertz CT molecular complexity index is 868. The van der Waals surface area contributed by atoms with E-state index in [-0.39, 0.29) is 12.8 Å². The van der Waals surface area contributed by atoms with E-state index >= 15 is 0 Å². The summed E-state index contributed by atoms with van der Waals surface area (Å²) in [6.07, 6.45) is 33.3. The summed E-state index contributed by atoms with van der Waals surface area (Å²) in [5.41, 5.74) is 0. The highest BCUT2D eigenvalue weighted by Gasteiger charge is 2.27. The summed E-state index contributed by atoms with van der Waals surface area (Å²) in [6.45, 7) is 2.19. The van der Waals surface area contributed by atoms with Crippen LogP contribution in [-0.4, -0.2) is 65.7 Å². The van der Waals surface area contributed by atoms with Crippen LogP contribution in [0.25, 0.3) is 0 Å². The number of hydrogen-bond acceptors (Lipinski definition) is 9. The summed E-state index contributed by atoms with van der Waals surface area (Å²) in [4.78, 5) is 34.4. The van der Waals surface area contributed by atoms with Gasteiger partial charge in [0.15, 0.2) is 0 Å². The van der Waals surface area contributed by atoms with Crippen LogP contribution in [0.3, 0.4) is 0 Å². The third kappa shape index (κ3) is 35.5. The van der Waals surface area contributed by atoms with Gasteiger partial charge in [-0.15, -0.1) is 0 Å². The van der Waals surface area contributed by atoms with Gasteiger partial charge in [0, 0.05) is 12.8 Å². The molecule has 0 amide bonds. The molecule has 51 heavy (non-hydrogen) atoms. The van der Waals surface area contributed by atoms with E-state index in [0.29, 0.717) is 12.8 Å². The molecule has 0 radical (unpaired) electrons. The van der Waals surface area contributed by atoms with Crippen molar-refractivity contribution in [3.8, 4) is 0 Å². The third-order valence-corrected chi connectivity index (χ3v) is 9.93. The minimum atomic E-state index is -4.63. The number of unbranched alkanes of at least 4 members (excludes halogenated alkanes) is 23. The van der Waals surface area contributed by atoms with Crippen molar-refractivity contribution in [2.45, 2.75) is 206 Å². The highest BCUT2D eigenvalue weighted by Crippen LogP contribution is 2.43. The second-order valence-corrected chi connectivity index (χ2v) is 15.4. The Morgan fingerprint density at radius 3 is 1.12 bits per heavy atom. The standard InChI is InChI=1S/C40H77O10P/c1-3-5-7-9-11-13-15-16-17-18-19-20-21-22-24-26-28-30-32-40(44)50-38(34-42)36-48-51(45,46)47-35-37(33-41)49-39(43)31-29-27-25-23-14-12-10-8-6-4-2/h17-18,37-38,41-42H,3-16,19-36H2,1-2H3,(H,45,46)/b18-17-. The van der Waals surface area contributed by atoms with Gasteiger partial charge < -0.3 is 24.6 Å². The van der Waals surface area contributed by atoms with Gasteiger partial charge in [-0.3, -0.25) is 18.6 Å². The van der Waals surface area contributed by atoms with Crippen molar-refractivity contribution in [2.75, 3.05) is 26.4 Å². The largest absolute Gasteiger partial charge is 0.472 e. The highest BCUT2D eigenvalue weighted by molar-refractivity contribution is 7.47. The van der Waals surface area contributed by atoms with Crippen LogP contribution in [-0.2, 0) is 32.7 Å². The van der Waals surface area contributed by atoms with E-state index in [0.717, 1.165) is 44.9 Å². The molecule has 0 aromatic heterocycles. The maximum Gasteiger partial charge on any atom is 0.472 e. The van der Waals surface area contributed by atoms with Crippen molar-refractivity contribution in [3.63, 3.8) is 0 Å². The van der Waals surface area contributed by atoms with Gasteiger partial charge >= 0.3 is 19.8 Å². The van der Waals surface area contributed by atoms with Crippen molar-refractivity contribution >= 4 is 19.8 Å². The number of phosphoric acid groups is 1. The zero-order valence-corrected chi connectivity index (χ0v) is 33.5. The van der Waals surface area contributed by atoms with Gasteiger partial charge in [-0.2, -0.15) is 0 Å². The fourth-order valence-corrected chi connectivity index (χ4v) is 6.54. The molecule has 0 fully saturated rings. The van der Waals surface area contributed by atoms with Crippen molar-refractivity contribution < 1.29 is 47.8 Å². The van der Waals surface area contributed by atoms with Crippen LogP contribution < -0.4 is 0 Å². The first-order valence-electron chi connectivity index (χ1n) is 20.6. The predicted molar refractivity (Wildman–Crippen MR) is 205 cm³/mol. The summed E-state index contributed by atoms with van der Waals surface area (Å²) < 4.78 is 32.5. The summed E-state index contributed by atoms with van der Waals surface area (Å²) in [5.74, 6) is -1.02. The average molecular weight is 749 g/mol. The molecule has 302 valence electrons. The van der Waals surface area contributed by atoms with E-state index in [1.165, 1.54) is 109 Å². The fraction of sp³-hybridized carbons (Fsp3) is 0.900. The lowest BCUT2D eigenvalue weighted by Crippen LogP contribution is -2.28. The van der Waals surface area contributed by atoms with Crippen LogP contribution in [0.1, 0.15) is 194 Å². The number of aliphatic hydroxyl groups excluding tert-OH is 2. The summed E-state index contributed by atoms with van der Waals surface area (Å²) >= 11 is 0. The SMILES string of the molecule is CCCCCCCCC/C=C\CCCCCCCCCC(=O)OC(CO)COP(=O)(O)OCC(CO)OC(=O)CCCCCCCCCCCC. The second kappa shape index (κ2) is 37.0. The number of hydrogen-bond donors (Lipinski definition) is 3. The molecule has 0 saturated heterocycles. The Hall–Kier alpha value is -1.29. The number of carbonyl (C=O) groups is 2. The van der Waals surface area contributed by atoms with Crippen molar-refractivity contribution in [3.05, 3.63) is 12.2 Å². The normalized spacial score (nSPS) is 14.1. The number of ether oxygens (including phenoxy) is 2. The maximum absolute atomic E-state index is 12.3. The van der Waals surface area contributed by atoms with Crippen molar-refractivity contribution in [1.82, 2.24) is 0 Å². The molecule has 0 aliphatic heterocycles. The van der Waals surface area contributed by atoms with Gasteiger partial charge in [0.25, 0.3) is 0 Å². The molecule has 0 aromatic rings. The lowest BCUT2D eigenvalue weighted by molar-refractivity contribution is -0.153. The Labute approximate surface area is 311 Å². The van der Waals surface area contributed by atoms with Gasteiger partial charge in [0.05, 0.1) is 26.4 Å². The van der Waals surface area contributed by atoms with E-state index in [1.807, 2.05) is 0 Å². The molecule has 0 bridgehead atoms. The number of phosphoric ester groups is 1. The Morgan fingerprint density at radius 1 is 0.510 bits per heavy atom. The van der Waals surface area contributed by atoms with Gasteiger partial charge in [-0.25, -0.2) is 4.57 Å². The van der Waals surface area contributed by atoms with Crippen LogP contribution in [0.5, 0.6) is 0 Å². The van der Waals surface area contributed by atoms with Crippen LogP contribution in [0.2, 0.25) is 0 Å². The molecule has 11 heteroatoms. The first-order valence-corrected chi connectivity index (χ1v) is 22.1. The molecule has 0 aromatic carbocycles. The van der Waals surface area contributed by atoms with E-state index in [2.05, 4.69) is 26.0 Å². The number of aliphatic hydroxyl groups is 2. The van der Waals surface area contributed by atoms with Gasteiger partial charge in [0.2, 0.25) is 0 Å². The number of rotatable bonds is 39. The van der Waals surface area contributed by atoms with Crippen LogP contribution in [0.15, 0.2) is 12.2 Å². The molecule has 0 rings (SSSR count). The average Bonchev–Trinajstić information content (AvgIpc) is 3.12. The summed E-state index contributed by atoms with van der Waals surface area (Å²) in [5, 5.41) is 19.1. The molecule has 0 aliphatic carbocycles. The maximum atomic E-state index is 12.3. The monoisotopic (exact) mass is 749 g/mol. The molecular weight excluding hydrogens is 671 g/mol. The minimum absolute atomic E-state index is 0.190. The number of allylic oxidation sites excluding steroid dienone is 2. The number of esters is 2. The molecule has 3 unspecified atom stereocenters. The Morgan fingerprint density at radius 2 is 0.804 bits per heavy atom. The van der Waals surface area contributed by atoms with Crippen LogP contribution in [0.4, 0.5) is 0 Å². The van der Waals surface area contributed by atoms with Gasteiger partial charge in [-0.05, 0) is 38.5 Å². The molecule has 0 heterocycles. The number of carbonyl (C=O) groups excluding carboxylic acids is 2. The van der Waals surface area contributed by atoms with Crippen molar-refractivity contribution in [2.24, 2.45) is 0 Å². The smallest absolute Gasteiger partial charge is 0.457 e. The molecule has 0 spiro atoms. The molecule has 3 atom stereocenters. The molecule has 0 saturated carbocycles. The molecular formula is C40H77O10P. The highest BCUT2D eigenvalue weighted by atomic mass is 31.2. The van der Waals surface area contributed by atoms with Gasteiger partial charge in [-0.1, -0.05) is 154 Å². The van der Waals surface area contributed by atoms with Crippen molar-refractivity contribution in [1.29, 1.82) is 0 Å². The molecule has 0 aliphatic rings. The van der Waals surface area contributed by atoms with Crippen LogP contribution >= 0.6 is 7.82 Å².